The molecule has 2 atom stereocenters. The number of anilines is 1. The predicted molar refractivity (Wildman–Crippen MR) is 142 cm³/mol. The average molecular weight is 506 g/mol. The molecule has 0 saturated carbocycles. The van der Waals surface area contributed by atoms with Crippen LogP contribution in [0.2, 0.25) is 0 Å². The Morgan fingerprint density at radius 1 is 1.16 bits per heavy atom. The van der Waals surface area contributed by atoms with E-state index >= 15 is 0 Å². The molecule has 37 heavy (non-hydrogen) atoms. The number of pyridine rings is 1. The first-order chi connectivity index (χ1) is 17.8. The van der Waals surface area contributed by atoms with Gasteiger partial charge in [-0.3, -0.25) is 15.1 Å². The molecule has 2 unspecified atom stereocenters. The van der Waals surface area contributed by atoms with Crippen LogP contribution in [0.25, 0.3) is 22.2 Å². The van der Waals surface area contributed by atoms with Crippen molar-refractivity contribution in [2.75, 3.05) is 47.2 Å². The maximum atomic E-state index is 12.2. The highest BCUT2D eigenvalue weighted by molar-refractivity contribution is 5.83. The number of nitro groups is 1. The third-order valence-electron chi connectivity index (χ3n) is 6.48. The van der Waals surface area contributed by atoms with Gasteiger partial charge in [0.1, 0.15) is 17.0 Å². The van der Waals surface area contributed by atoms with Gasteiger partial charge in [-0.05, 0) is 52.3 Å². The Bertz CT molecular complexity index is 1360. The van der Waals surface area contributed by atoms with E-state index in [1.54, 1.807) is 38.7 Å². The van der Waals surface area contributed by atoms with Crippen molar-refractivity contribution in [2.24, 2.45) is 0 Å². The van der Waals surface area contributed by atoms with Gasteiger partial charge < -0.3 is 25.0 Å². The zero-order valence-electron chi connectivity index (χ0n) is 21.6. The van der Waals surface area contributed by atoms with Crippen LogP contribution in [0.4, 0.5) is 5.95 Å². The Labute approximate surface area is 215 Å². The quantitative estimate of drug-likeness (QED) is 0.313. The zero-order valence-corrected chi connectivity index (χ0v) is 21.6. The zero-order chi connectivity index (χ0) is 26.6. The van der Waals surface area contributed by atoms with Crippen molar-refractivity contribution in [3.05, 3.63) is 76.4 Å². The molecule has 0 fully saturated rings. The van der Waals surface area contributed by atoms with E-state index in [-0.39, 0.29) is 10.9 Å². The molecule has 194 valence electrons. The molecule has 0 bridgehead atoms. The fourth-order valence-corrected chi connectivity index (χ4v) is 4.39. The number of ether oxygens (including phenoxy) is 2. The summed E-state index contributed by atoms with van der Waals surface area (Å²) in [6.45, 7) is 0.653. The van der Waals surface area contributed by atoms with E-state index < -0.39 is 11.6 Å². The summed E-state index contributed by atoms with van der Waals surface area (Å²) in [5, 5.41) is 19.4. The molecule has 11 nitrogen and oxygen atoms in total. The molecule has 3 aromatic rings. The van der Waals surface area contributed by atoms with Gasteiger partial charge in [-0.15, -0.1) is 0 Å². The van der Waals surface area contributed by atoms with Crippen LogP contribution in [0.1, 0.15) is 6.42 Å². The predicted octanol–water partition coefficient (Wildman–Crippen LogP) is 3.10. The van der Waals surface area contributed by atoms with Gasteiger partial charge in [0.15, 0.2) is 5.75 Å². The maximum absolute atomic E-state index is 12.2. The lowest BCUT2D eigenvalue weighted by Crippen LogP contribution is -2.57. The van der Waals surface area contributed by atoms with Crippen LogP contribution in [-0.4, -0.2) is 78.3 Å². The van der Waals surface area contributed by atoms with Crippen LogP contribution in [0, 0.1) is 10.1 Å². The molecule has 1 aliphatic carbocycles. The lowest BCUT2D eigenvalue weighted by Gasteiger charge is -2.36. The van der Waals surface area contributed by atoms with Crippen LogP contribution in [-0.2, 0) is 4.74 Å². The standard InChI is InChI=1S/C26H31N7O4/c1-27-26(10-11-32(2)3)14-21(36-4)20(13-23(26)33(34)35)30-25-29-16-22(37-5)24(31-25)18-12-17-8-6-7-9-19(17)28-15-18/h6-9,12-16,23,27H,10-11H2,1-5H3,(H,29,30,31). The molecule has 2 aromatic heterocycles. The van der Waals surface area contributed by atoms with E-state index in [2.05, 4.69) is 25.6 Å². The van der Waals surface area contributed by atoms with Crippen molar-refractivity contribution < 1.29 is 14.4 Å². The van der Waals surface area contributed by atoms with E-state index in [4.69, 9.17) is 9.47 Å². The fourth-order valence-electron chi connectivity index (χ4n) is 4.39. The van der Waals surface area contributed by atoms with E-state index in [9.17, 15) is 10.1 Å². The van der Waals surface area contributed by atoms with E-state index in [0.717, 1.165) is 16.5 Å². The number of methoxy groups -OCH3 is 2. The lowest BCUT2D eigenvalue weighted by molar-refractivity contribution is -0.519. The first-order valence-corrected chi connectivity index (χ1v) is 11.8. The topological polar surface area (TPSA) is 128 Å². The van der Waals surface area contributed by atoms with Crippen molar-refractivity contribution in [1.29, 1.82) is 0 Å². The molecular formula is C26H31N7O4. The first-order valence-electron chi connectivity index (χ1n) is 11.8. The van der Waals surface area contributed by atoms with Crippen LogP contribution >= 0.6 is 0 Å². The second-order valence-corrected chi connectivity index (χ2v) is 9.02. The summed E-state index contributed by atoms with van der Waals surface area (Å²) in [5.74, 6) is 1.17. The summed E-state index contributed by atoms with van der Waals surface area (Å²) in [6.07, 6.45) is 7.11. The van der Waals surface area contributed by atoms with Crippen molar-refractivity contribution in [2.45, 2.75) is 18.0 Å². The second-order valence-electron chi connectivity index (χ2n) is 9.02. The Morgan fingerprint density at radius 2 is 1.95 bits per heavy atom. The molecule has 1 aromatic carbocycles. The summed E-state index contributed by atoms with van der Waals surface area (Å²) >= 11 is 0. The number of nitrogens with zero attached hydrogens (tertiary/aromatic N) is 5. The number of benzene rings is 1. The van der Waals surface area contributed by atoms with Gasteiger partial charge in [0.05, 0.1) is 31.6 Å². The van der Waals surface area contributed by atoms with E-state index in [1.807, 2.05) is 49.3 Å². The summed E-state index contributed by atoms with van der Waals surface area (Å²) in [6, 6.07) is 8.73. The number of fused-ring (bicyclic) bond motifs is 1. The first kappa shape index (κ1) is 26.0. The minimum Gasteiger partial charge on any atom is -0.495 e. The summed E-state index contributed by atoms with van der Waals surface area (Å²) < 4.78 is 11.1. The molecule has 0 radical (unpaired) electrons. The van der Waals surface area contributed by atoms with Gasteiger partial charge in [-0.2, -0.15) is 0 Å². The van der Waals surface area contributed by atoms with Gasteiger partial charge in [-0.25, -0.2) is 9.97 Å². The molecular weight excluding hydrogens is 474 g/mol. The Kier molecular flexibility index (Phi) is 7.65. The lowest BCUT2D eigenvalue weighted by atomic mass is 9.82. The number of rotatable bonds is 10. The highest BCUT2D eigenvalue weighted by atomic mass is 16.6. The Balaban J connectivity index is 1.71. The monoisotopic (exact) mass is 505 g/mol. The highest BCUT2D eigenvalue weighted by Crippen LogP contribution is 2.33. The highest BCUT2D eigenvalue weighted by Gasteiger charge is 2.46. The van der Waals surface area contributed by atoms with Gasteiger partial charge in [0, 0.05) is 28.1 Å². The smallest absolute Gasteiger partial charge is 0.255 e. The summed E-state index contributed by atoms with van der Waals surface area (Å²) in [7, 11) is 8.66. The van der Waals surface area contributed by atoms with Crippen LogP contribution in [0.5, 0.6) is 5.75 Å². The number of hydrogen-bond acceptors (Lipinski definition) is 10. The number of para-hydroxylation sites is 1. The van der Waals surface area contributed by atoms with Crippen LogP contribution < -0.4 is 15.4 Å². The minimum atomic E-state index is -1.04. The number of nitrogens with one attached hydrogen (secondary N) is 2. The minimum absolute atomic E-state index is 0.241. The van der Waals surface area contributed by atoms with Gasteiger partial charge in [0.25, 0.3) is 6.04 Å². The third kappa shape index (κ3) is 5.37. The van der Waals surface area contributed by atoms with Gasteiger partial charge >= 0.3 is 0 Å². The van der Waals surface area contributed by atoms with E-state index in [1.165, 1.54) is 7.11 Å². The Hall–Kier alpha value is -4.09. The molecule has 0 spiro atoms. The normalized spacial score (nSPS) is 19.4. The van der Waals surface area contributed by atoms with Gasteiger partial charge in [0.2, 0.25) is 5.95 Å². The second kappa shape index (κ2) is 10.9. The molecule has 1 aliphatic rings. The summed E-state index contributed by atoms with van der Waals surface area (Å²) in [4.78, 5) is 27.4. The molecule has 0 aliphatic heterocycles. The van der Waals surface area contributed by atoms with Crippen LogP contribution in [0.3, 0.4) is 0 Å². The molecule has 11 heteroatoms. The van der Waals surface area contributed by atoms with Crippen molar-refractivity contribution in [1.82, 2.24) is 25.2 Å². The number of aromatic nitrogens is 3. The van der Waals surface area contributed by atoms with E-state index in [0.29, 0.717) is 35.9 Å². The molecule has 2 heterocycles. The van der Waals surface area contributed by atoms with Crippen molar-refractivity contribution in [3.8, 4) is 17.0 Å². The largest absolute Gasteiger partial charge is 0.495 e. The molecule has 4 rings (SSSR count). The summed E-state index contributed by atoms with van der Waals surface area (Å²) in [5.41, 5.74) is 1.65. The third-order valence-corrected chi connectivity index (χ3v) is 6.48. The van der Waals surface area contributed by atoms with Gasteiger partial charge in [-0.1, -0.05) is 18.2 Å². The molecule has 0 amide bonds. The Morgan fingerprint density at radius 3 is 2.62 bits per heavy atom. The number of hydrogen-bond donors (Lipinski definition) is 2. The number of likely N-dealkylation sites (N-methyl/N-ethyl adjacent to an activating group) is 1. The fraction of sp³-hybridized carbons (Fsp3) is 0.346. The van der Waals surface area contributed by atoms with Crippen molar-refractivity contribution >= 4 is 16.9 Å². The molecule has 2 N–H and O–H groups in total. The SMILES string of the molecule is CNC1(CCN(C)C)C=C(OC)C(Nc2ncc(OC)c(-c3cnc4ccccc4c3)n2)=CC1[N+](=O)[O-]. The average Bonchev–Trinajstić information content (AvgIpc) is 2.91. The van der Waals surface area contributed by atoms with Crippen molar-refractivity contribution in [3.63, 3.8) is 0 Å². The maximum Gasteiger partial charge on any atom is 0.255 e. The van der Waals surface area contributed by atoms with Crippen LogP contribution in [0.15, 0.2) is 66.3 Å². The molecule has 0 saturated heterocycles.